The molecule has 0 unspecified atom stereocenters. The van der Waals surface area contributed by atoms with Gasteiger partial charge in [-0.25, -0.2) is 9.83 Å². The molecule has 166 valence electrons. The van der Waals surface area contributed by atoms with E-state index >= 15 is 0 Å². The lowest BCUT2D eigenvalue weighted by atomic mass is 10.1. The number of nitrogens with zero attached hydrogens (tertiary/aromatic N) is 5. The predicted molar refractivity (Wildman–Crippen MR) is 134 cm³/mol. The Morgan fingerprint density at radius 1 is 0.914 bits per heavy atom. The fourth-order valence-electron chi connectivity index (χ4n) is 4.08. The van der Waals surface area contributed by atoms with Crippen LogP contribution in [0.1, 0.15) is 10.4 Å². The molecular weight excluding hydrogens is 438 g/mol. The number of rotatable bonds is 3. The highest BCUT2D eigenvalue weighted by atomic mass is 16.1. The fraction of sp³-hybridized carbons (Fsp3) is 0. The number of anilines is 3. The van der Waals surface area contributed by atoms with Gasteiger partial charge in [-0.05, 0) is 54.6 Å². The van der Waals surface area contributed by atoms with E-state index in [1.807, 2.05) is 65.2 Å². The van der Waals surface area contributed by atoms with Crippen molar-refractivity contribution in [1.29, 1.82) is 0 Å². The Hall–Kier alpha value is -5.29. The lowest BCUT2D eigenvalue weighted by Gasteiger charge is -2.11. The van der Waals surface area contributed by atoms with Gasteiger partial charge in [0.1, 0.15) is 0 Å². The Kier molecular flexibility index (Phi) is 4.79. The summed E-state index contributed by atoms with van der Waals surface area (Å²) in [5.41, 5.74) is 5.01. The van der Waals surface area contributed by atoms with Crippen molar-refractivity contribution in [3.05, 3.63) is 108 Å². The third-order valence-corrected chi connectivity index (χ3v) is 5.75. The smallest absolute Gasteiger partial charge is 0.254 e. The maximum Gasteiger partial charge on any atom is 0.254 e. The summed E-state index contributed by atoms with van der Waals surface area (Å²) in [6, 6.07) is 25.8. The van der Waals surface area contributed by atoms with E-state index in [-0.39, 0.29) is 5.91 Å². The van der Waals surface area contributed by atoms with E-state index in [1.54, 1.807) is 30.5 Å². The Balaban J connectivity index is 1.37. The van der Waals surface area contributed by atoms with Crippen LogP contribution in [0.2, 0.25) is 0 Å². The van der Waals surface area contributed by atoms with Gasteiger partial charge in [0.25, 0.3) is 5.91 Å². The topological polar surface area (TPSA) is 89.1 Å². The third-order valence-electron chi connectivity index (χ3n) is 5.75. The van der Waals surface area contributed by atoms with E-state index in [9.17, 15) is 4.79 Å². The Morgan fingerprint density at radius 3 is 2.60 bits per heavy atom. The first-order valence-corrected chi connectivity index (χ1v) is 10.9. The van der Waals surface area contributed by atoms with Crippen LogP contribution in [-0.4, -0.2) is 25.7 Å². The number of aromatic nitrogens is 4. The summed E-state index contributed by atoms with van der Waals surface area (Å²) in [5.74, 6) is 1.81. The first-order valence-electron chi connectivity index (χ1n) is 10.9. The van der Waals surface area contributed by atoms with E-state index in [0.29, 0.717) is 34.4 Å². The second kappa shape index (κ2) is 8.24. The molecule has 8 heteroatoms. The number of hydrogen-bond donors (Lipinski definition) is 2. The van der Waals surface area contributed by atoms with Crippen LogP contribution in [0.5, 0.6) is 0 Å². The number of benzene rings is 3. The van der Waals surface area contributed by atoms with Crippen LogP contribution in [0.4, 0.5) is 22.9 Å². The quantitative estimate of drug-likeness (QED) is 0.327. The molecule has 0 aliphatic carbocycles. The molecule has 3 heterocycles. The first kappa shape index (κ1) is 20.3. The largest absolute Gasteiger partial charge is 0.338 e. The van der Waals surface area contributed by atoms with E-state index in [4.69, 9.17) is 6.57 Å². The number of para-hydroxylation sites is 1. The Morgan fingerprint density at radius 2 is 1.74 bits per heavy atom. The van der Waals surface area contributed by atoms with Crippen molar-refractivity contribution >= 4 is 28.8 Å². The zero-order chi connectivity index (χ0) is 23.8. The molecule has 0 radical (unpaired) electrons. The maximum absolute atomic E-state index is 12.6. The molecule has 1 aliphatic heterocycles. The minimum atomic E-state index is -0.276. The lowest BCUT2D eigenvalue weighted by molar-refractivity contribution is 0.102. The Labute approximate surface area is 200 Å². The van der Waals surface area contributed by atoms with Crippen LogP contribution in [-0.2, 0) is 0 Å². The number of carbonyl (C=O) groups excluding carboxylic acids is 1. The molecule has 0 spiro atoms. The highest BCUT2D eigenvalue weighted by Crippen LogP contribution is 2.39. The predicted octanol–water partition coefficient (Wildman–Crippen LogP) is 5.86. The van der Waals surface area contributed by atoms with Gasteiger partial charge in [-0.1, -0.05) is 30.3 Å². The van der Waals surface area contributed by atoms with Gasteiger partial charge in [-0.2, -0.15) is 0 Å². The Bertz CT molecular complexity index is 1630. The summed E-state index contributed by atoms with van der Waals surface area (Å²) >= 11 is 0. The van der Waals surface area contributed by atoms with Crippen molar-refractivity contribution in [2.45, 2.75) is 0 Å². The highest BCUT2D eigenvalue weighted by molar-refractivity contribution is 6.05. The van der Waals surface area contributed by atoms with Gasteiger partial charge in [-0.3, -0.25) is 9.36 Å². The minimum absolute atomic E-state index is 0.276. The first-order chi connectivity index (χ1) is 17.2. The molecule has 0 saturated carbocycles. The van der Waals surface area contributed by atoms with Gasteiger partial charge >= 0.3 is 0 Å². The molecule has 0 saturated heterocycles. The van der Waals surface area contributed by atoms with Crippen LogP contribution in [0, 0.1) is 6.57 Å². The molecule has 2 N–H and O–H groups in total. The molecule has 8 nitrogen and oxygen atoms in total. The molecular formula is C27H17N7O. The van der Waals surface area contributed by atoms with E-state index in [0.717, 1.165) is 22.5 Å². The summed E-state index contributed by atoms with van der Waals surface area (Å²) in [5, 5.41) is 15.3. The van der Waals surface area contributed by atoms with Crippen LogP contribution in [0.3, 0.4) is 0 Å². The van der Waals surface area contributed by atoms with Crippen molar-refractivity contribution < 1.29 is 4.79 Å². The van der Waals surface area contributed by atoms with Crippen LogP contribution >= 0.6 is 0 Å². The average molecular weight is 455 g/mol. The van der Waals surface area contributed by atoms with Gasteiger partial charge in [-0.15, -0.1) is 10.2 Å². The number of fused-ring (bicyclic) bond motifs is 5. The third kappa shape index (κ3) is 3.57. The number of pyridine rings is 1. The molecule has 5 aromatic rings. The van der Waals surface area contributed by atoms with Gasteiger partial charge < -0.3 is 10.6 Å². The standard InChI is InChI=1S/C27H17N7O/c1-28-20-7-4-6-18(16-20)27(35)30-19-13-11-17(12-14-19)25-32-33-26-21-8-2-3-9-22(21)31-24-23(34(25)26)10-5-15-29-24/h2-16H,(H,29,31)(H,30,35). The molecule has 0 bridgehead atoms. The zero-order valence-electron chi connectivity index (χ0n) is 18.3. The lowest BCUT2D eigenvalue weighted by Crippen LogP contribution is -2.11. The van der Waals surface area contributed by atoms with Crippen molar-refractivity contribution in [1.82, 2.24) is 19.7 Å². The normalized spacial score (nSPS) is 11.2. The zero-order valence-corrected chi connectivity index (χ0v) is 18.3. The molecule has 1 aliphatic rings. The minimum Gasteiger partial charge on any atom is -0.338 e. The van der Waals surface area contributed by atoms with Gasteiger partial charge in [0, 0.05) is 28.6 Å². The molecule has 35 heavy (non-hydrogen) atoms. The molecule has 1 amide bonds. The van der Waals surface area contributed by atoms with Crippen LogP contribution < -0.4 is 10.6 Å². The maximum atomic E-state index is 12.6. The second-order valence-electron chi connectivity index (χ2n) is 7.92. The van der Waals surface area contributed by atoms with E-state index in [1.165, 1.54) is 0 Å². The van der Waals surface area contributed by atoms with Crippen LogP contribution in [0.25, 0.3) is 33.3 Å². The van der Waals surface area contributed by atoms with Crippen molar-refractivity contribution in [3.63, 3.8) is 0 Å². The van der Waals surface area contributed by atoms with Gasteiger partial charge in [0.05, 0.1) is 17.9 Å². The van der Waals surface area contributed by atoms with Crippen molar-refractivity contribution in [2.24, 2.45) is 0 Å². The summed E-state index contributed by atoms with van der Waals surface area (Å²) in [6.07, 6.45) is 1.74. The van der Waals surface area contributed by atoms with E-state index < -0.39 is 0 Å². The number of amides is 1. The molecule has 0 fully saturated rings. The highest BCUT2D eigenvalue weighted by Gasteiger charge is 2.24. The van der Waals surface area contributed by atoms with Crippen molar-refractivity contribution in [2.75, 3.05) is 10.6 Å². The van der Waals surface area contributed by atoms with Crippen molar-refractivity contribution in [3.8, 4) is 28.5 Å². The summed E-state index contributed by atoms with van der Waals surface area (Å²) < 4.78 is 1.99. The monoisotopic (exact) mass is 455 g/mol. The van der Waals surface area contributed by atoms with E-state index in [2.05, 4.69) is 30.7 Å². The SMILES string of the molecule is [C-]#[N+]c1cccc(C(=O)Nc2ccc(-c3nnc4n3-c3cccnc3Nc3ccccc3-4)cc2)c1. The molecule has 3 aromatic carbocycles. The van der Waals surface area contributed by atoms with Gasteiger partial charge in [0.15, 0.2) is 23.2 Å². The molecule has 2 aromatic heterocycles. The average Bonchev–Trinajstić information content (AvgIpc) is 3.29. The number of nitrogens with one attached hydrogen (secondary N) is 2. The number of carbonyl (C=O) groups is 1. The summed E-state index contributed by atoms with van der Waals surface area (Å²) in [4.78, 5) is 20.5. The molecule has 0 atom stereocenters. The summed E-state index contributed by atoms with van der Waals surface area (Å²) in [6.45, 7) is 7.13. The second-order valence-corrected chi connectivity index (χ2v) is 7.92. The number of hydrogen-bond acceptors (Lipinski definition) is 5. The van der Waals surface area contributed by atoms with Crippen LogP contribution in [0.15, 0.2) is 91.1 Å². The fourth-order valence-corrected chi connectivity index (χ4v) is 4.08. The summed E-state index contributed by atoms with van der Waals surface area (Å²) in [7, 11) is 0. The molecule has 6 rings (SSSR count). The van der Waals surface area contributed by atoms with Gasteiger partial charge in [0.2, 0.25) is 0 Å².